The van der Waals surface area contributed by atoms with Crippen LogP contribution >= 0.6 is 12.4 Å². The molecule has 0 aromatic carbocycles. The lowest BCUT2D eigenvalue weighted by molar-refractivity contribution is 0.890. The van der Waals surface area contributed by atoms with E-state index in [1.54, 1.807) is 0 Å². The summed E-state index contributed by atoms with van der Waals surface area (Å²) in [5.41, 5.74) is 9.75. The van der Waals surface area contributed by atoms with Gasteiger partial charge in [0.15, 0.2) is 0 Å². The predicted molar refractivity (Wildman–Crippen MR) is 44.7 cm³/mol. The highest BCUT2D eigenvalue weighted by atomic mass is 35.5. The molecule has 0 aliphatic heterocycles. The van der Waals surface area contributed by atoms with E-state index >= 15 is 0 Å². The molecular formula is C4H8ClN5O. The van der Waals surface area contributed by atoms with Gasteiger partial charge in [0, 0.05) is 6.07 Å². The first-order valence-corrected chi connectivity index (χ1v) is 2.51. The second-order valence-corrected chi connectivity index (χ2v) is 1.76. The minimum absolute atomic E-state index is 0. The number of aromatic nitrogens is 2. The van der Waals surface area contributed by atoms with Crippen LogP contribution in [0.3, 0.4) is 0 Å². The Bertz CT molecular complexity index is 308. The Labute approximate surface area is 68.4 Å². The number of nitrogen functional groups attached to an aromatic ring is 3. The molecule has 11 heavy (non-hydrogen) atoms. The summed E-state index contributed by atoms with van der Waals surface area (Å²) in [6.45, 7) is 0. The highest BCUT2D eigenvalue weighted by Gasteiger charge is 1.97. The second-order valence-electron chi connectivity index (χ2n) is 1.76. The average molecular weight is 178 g/mol. The van der Waals surface area contributed by atoms with Gasteiger partial charge in [0.1, 0.15) is 11.6 Å². The first-order valence-electron chi connectivity index (χ1n) is 2.51. The van der Waals surface area contributed by atoms with Crippen molar-refractivity contribution in [3.8, 4) is 0 Å². The molecule has 6 N–H and O–H groups in total. The molecule has 7 heteroatoms. The fraction of sp³-hybridized carbons (Fsp3) is 0. The summed E-state index contributed by atoms with van der Waals surface area (Å²) in [5, 5.41) is 0. The van der Waals surface area contributed by atoms with E-state index in [1.807, 2.05) is 0 Å². The fourth-order valence-electron chi connectivity index (χ4n) is 0.528. The number of hydrogen-bond donors (Lipinski definition) is 3. The number of rotatable bonds is 0. The first kappa shape index (κ1) is 9.57. The molecule has 62 valence electrons. The topological polar surface area (TPSA) is 113 Å². The van der Waals surface area contributed by atoms with Crippen LogP contribution in [-0.2, 0) is 0 Å². The molecule has 0 saturated carbocycles. The van der Waals surface area contributed by atoms with Gasteiger partial charge in [-0.1, -0.05) is 0 Å². The normalized spacial score (nSPS) is 8.73. The molecule has 1 heterocycles. The van der Waals surface area contributed by atoms with E-state index in [0.717, 1.165) is 4.68 Å². The molecule has 6 nitrogen and oxygen atoms in total. The van der Waals surface area contributed by atoms with Gasteiger partial charge in [0.05, 0.1) is 0 Å². The van der Waals surface area contributed by atoms with Crippen molar-refractivity contribution >= 4 is 24.0 Å². The molecule has 0 bridgehead atoms. The number of anilines is 2. The Morgan fingerprint density at radius 1 is 1.45 bits per heavy atom. The van der Waals surface area contributed by atoms with Gasteiger partial charge in [-0.2, -0.15) is 9.66 Å². The number of halogens is 1. The van der Waals surface area contributed by atoms with Crippen LogP contribution in [0.2, 0.25) is 0 Å². The molecule has 1 aromatic heterocycles. The lowest BCUT2D eigenvalue weighted by Crippen LogP contribution is -2.31. The Morgan fingerprint density at radius 2 is 2.00 bits per heavy atom. The van der Waals surface area contributed by atoms with Crippen LogP contribution in [-0.4, -0.2) is 9.66 Å². The molecule has 0 aliphatic rings. The third kappa shape index (κ3) is 1.74. The molecule has 0 aliphatic carbocycles. The standard InChI is InChI=1S/C4H7N5O.ClH/c5-2-1-3(6)9(7)4(10)8-2;/h1H,6-7H2,(H2,5,8,10);1H. The molecule has 0 saturated heterocycles. The summed E-state index contributed by atoms with van der Waals surface area (Å²) in [7, 11) is 0. The summed E-state index contributed by atoms with van der Waals surface area (Å²) in [6.07, 6.45) is 0. The van der Waals surface area contributed by atoms with E-state index in [2.05, 4.69) is 4.98 Å². The zero-order chi connectivity index (χ0) is 7.72. The zero-order valence-corrected chi connectivity index (χ0v) is 6.34. The summed E-state index contributed by atoms with van der Waals surface area (Å²) < 4.78 is 0.719. The lowest BCUT2D eigenvalue weighted by Gasteiger charge is -2.00. The van der Waals surface area contributed by atoms with Gasteiger partial charge in [-0.15, -0.1) is 12.4 Å². The van der Waals surface area contributed by atoms with Crippen molar-refractivity contribution in [2.24, 2.45) is 0 Å². The molecule has 0 spiro atoms. The second kappa shape index (κ2) is 3.11. The highest BCUT2D eigenvalue weighted by Crippen LogP contribution is 1.97. The summed E-state index contributed by atoms with van der Waals surface area (Å²) in [5.74, 6) is 5.28. The van der Waals surface area contributed by atoms with Crippen molar-refractivity contribution in [2.45, 2.75) is 0 Å². The van der Waals surface area contributed by atoms with Crippen molar-refractivity contribution in [1.29, 1.82) is 0 Å². The highest BCUT2D eigenvalue weighted by molar-refractivity contribution is 5.85. The fourth-order valence-corrected chi connectivity index (χ4v) is 0.528. The van der Waals surface area contributed by atoms with E-state index < -0.39 is 5.69 Å². The van der Waals surface area contributed by atoms with Gasteiger partial charge in [-0.25, -0.2) is 4.79 Å². The van der Waals surface area contributed by atoms with Crippen LogP contribution in [0.15, 0.2) is 10.9 Å². The van der Waals surface area contributed by atoms with Crippen molar-refractivity contribution in [3.05, 3.63) is 16.6 Å². The molecule has 0 unspecified atom stereocenters. The molecule has 0 fully saturated rings. The van der Waals surface area contributed by atoms with Crippen LogP contribution in [0.25, 0.3) is 0 Å². The van der Waals surface area contributed by atoms with E-state index in [1.165, 1.54) is 6.07 Å². The van der Waals surface area contributed by atoms with Crippen LogP contribution < -0.4 is 23.0 Å². The minimum atomic E-state index is -0.655. The van der Waals surface area contributed by atoms with Crippen LogP contribution in [0, 0.1) is 0 Å². The molecule has 0 radical (unpaired) electrons. The monoisotopic (exact) mass is 177 g/mol. The van der Waals surface area contributed by atoms with Crippen LogP contribution in [0.5, 0.6) is 0 Å². The SMILES string of the molecule is Cl.Nc1cc(N)n(N)c(=O)n1. The summed E-state index contributed by atoms with van der Waals surface area (Å²) in [6, 6.07) is 1.31. The maximum absolute atomic E-state index is 10.6. The van der Waals surface area contributed by atoms with Gasteiger partial charge in [-0.05, 0) is 0 Å². The van der Waals surface area contributed by atoms with E-state index in [9.17, 15) is 4.79 Å². The summed E-state index contributed by atoms with van der Waals surface area (Å²) in [4.78, 5) is 13.9. The van der Waals surface area contributed by atoms with Crippen molar-refractivity contribution in [3.63, 3.8) is 0 Å². The molecular weight excluding hydrogens is 170 g/mol. The van der Waals surface area contributed by atoms with Crippen molar-refractivity contribution in [2.75, 3.05) is 17.3 Å². The molecule has 1 aromatic rings. The Hall–Kier alpha value is -1.43. The van der Waals surface area contributed by atoms with E-state index in [-0.39, 0.29) is 24.0 Å². The average Bonchev–Trinajstić information content (AvgIpc) is 1.82. The molecule has 0 atom stereocenters. The van der Waals surface area contributed by atoms with Crippen molar-refractivity contribution in [1.82, 2.24) is 9.66 Å². The maximum atomic E-state index is 10.6. The predicted octanol–water partition coefficient (Wildman–Crippen LogP) is -1.46. The minimum Gasteiger partial charge on any atom is -0.383 e. The molecule has 0 amide bonds. The quantitative estimate of drug-likeness (QED) is 0.420. The third-order valence-electron chi connectivity index (χ3n) is 1.00. The van der Waals surface area contributed by atoms with Gasteiger partial charge < -0.3 is 17.3 Å². The smallest absolute Gasteiger partial charge is 0.369 e. The van der Waals surface area contributed by atoms with Crippen LogP contribution in [0.4, 0.5) is 11.6 Å². The van der Waals surface area contributed by atoms with Gasteiger partial charge in [0.25, 0.3) is 0 Å². The van der Waals surface area contributed by atoms with Gasteiger partial charge in [-0.3, -0.25) is 0 Å². The Morgan fingerprint density at radius 3 is 2.45 bits per heavy atom. The Balaban J connectivity index is 0.000001000. The number of nitrogens with two attached hydrogens (primary N) is 3. The zero-order valence-electron chi connectivity index (χ0n) is 5.52. The third-order valence-corrected chi connectivity index (χ3v) is 1.00. The Kier molecular flexibility index (Phi) is 2.70. The summed E-state index contributed by atoms with van der Waals surface area (Å²) >= 11 is 0. The van der Waals surface area contributed by atoms with Crippen molar-refractivity contribution < 1.29 is 0 Å². The van der Waals surface area contributed by atoms with E-state index in [4.69, 9.17) is 17.3 Å². The number of nitrogens with zero attached hydrogens (tertiary/aromatic N) is 2. The lowest BCUT2D eigenvalue weighted by atomic mass is 10.5. The first-order chi connectivity index (χ1) is 4.61. The molecule has 1 rings (SSSR count). The van der Waals surface area contributed by atoms with Gasteiger partial charge >= 0.3 is 5.69 Å². The number of hydrogen-bond acceptors (Lipinski definition) is 5. The van der Waals surface area contributed by atoms with E-state index in [0.29, 0.717) is 0 Å². The van der Waals surface area contributed by atoms with Gasteiger partial charge in [0.2, 0.25) is 0 Å². The largest absolute Gasteiger partial charge is 0.383 e. The maximum Gasteiger partial charge on any atom is 0.369 e. The van der Waals surface area contributed by atoms with Crippen LogP contribution in [0.1, 0.15) is 0 Å².